The number of fused-ring (bicyclic) bond motifs is 1. The Morgan fingerprint density at radius 3 is 2.83 bits per heavy atom. The Kier molecular flexibility index (Phi) is 4.19. The van der Waals surface area contributed by atoms with E-state index in [0.717, 1.165) is 36.4 Å². The van der Waals surface area contributed by atoms with Gasteiger partial charge in [-0.25, -0.2) is 9.37 Å². The molecule has 1 heterocycles. The van der Waals surface area contributed by atoms with Crippen molar-refractivity contribution in [2.45, 2.75) is 18.8 Å². The largest absolute Gasteiger partial charge is 0.327 e. The second kappa shape index (κ2) is 5.67. The zero-order valence-electron chi connectivity index (χ0n) is 10.7. The first-order chi connectivity index (χ1) is 8.61. The molecule has 0 aliphatic carbocycles. The molecule has 18 heavy (non-hydrogen) atoms. The number of rotatable bonds is 5. The smallest absolute Gasteiger partial charge is 0.125 e. The number of aromatic nitrogens is 2. The molecule has 5 heteroatoms. The van der Waals surface area contributed by atoms with Gasteiger partial charge in [-0.3, -0.25) is 0 Å². The number of aryl methyl sites for hydroxylation is 1. The van der Waals surface area contributed by atoms with Crippen LogP contribution in [0.1, 0.15) is 12.2 Å². The van der Waals surface area contributed by atoms with Crippen molar-refractivity contribution in [2.24, 2.45) is 0 Å². The highest BCUT2D eigenvalue weighted by molar-refractivity contribution is 6.16. The van der Waals surface area contributed by atoms with Crippen LogP contribution in [0.3, 0.4) is 0 Å². The van der Waals surface area contributed by atoms with Crippen molar-refractivity contribution in [1.82, 2.24) is 14.5 Å². The van der Waals surface area contributed by atoms with E-state index in [2.05, 4.69) is 9.88 Å². The Balaban J connectivity index is 2.30. The van der Waals surface area contributed by atoms with E-state index in [1.165, 1.54) is 12.1 Å². The minimum Gasteiger partial charge on any atom is -0.327 e. The fraction of sp³-hybridized carbons (Fsp3) is 0.462. The van der Waals surface area contributed by atoms with Crippen LogP contribution in [0.25, 0.3) is 11.0 Å². The van der Waals surface area contributed by atoms with Gasteiger partial charge in [-0.1, -0.05) is 0 Å². The highest BCUT2D eigenvalue weighted by Crippen LogP contribution is 2.19. The maximum atomic E-state index is 13.3. The lowest BCUT2D eigenvalue weighted by molar-refractivity contribution is 0.386. The zero-order valence-corrected chi connectivity index (χ0v) is 11.4. The predicted molar refractivity (Wildman–Crippen MR) is 72.4 cm³/mol. The lowest BCUT2D eigenvalue weighted by Crippen LogP contribution is -2.15. The lowest BCUT2D eigenvalue weighted by atomic mass is 10.3. The van der Waals surface area contributed by atoms with Crippen molar-refractivity contribution >= 4 is 22.6 Å². The molecule has 0 saturated heterocycles. The Hall–Kier alpha value is -1.13. The molecule has 0 fully saturated rings. The van der Waals surface area contributed by atoms with Crippen molar-refractivity contribution in [2.75, 3.05) is 20.6 Å². The average Bonchev–Trinajstić information content (AvgIpc) is 2.66. The second-order valence-corrected chi connectivity index (χ2v) is 4.87. The molecule has 98 valence electrons. The number of hydrogen-bond acceptors (Lipinski definition) is 2. The molecular weight excluding hydrogens is 253 g/mol. The van der Waals surface area contributed by atoms with Crippen LogP contribution in [-0.4, -0.2) is 35.1 Å². The first-order valence-corrected chi connectivity index (χ1v) is 6.50. The van der Waals surface area contributed by atoms with Gasteiger partial charge in [-0.15, -0.1) is 11.6 Å². The summed E-state index contributed by atoms with van der Waals surface area (Å²) < 4.78 is 15.3. The third kappa shape index (κ3) is 2.82. The monoisotopic (exact) mass is 269 g/mol. The number of imidazole rings is 1. The highest BCUT2D eigenvalue weighted by Gasteiger charge is 2.10. The third-order valence-electron chi connectivity index (χ3n) is 2.90. The molecule has 0 atom stereocenters. The first kappa shape index (κ1) is 13.3. The van der Waals surface area contributed by atoms with E-state index in [4.69, 9.17) is 11.6 Å². The Bertz CT molecular complexity index is 536. The summed E-state index contributed by atoms with van der Waals surface area (Å²) in [6, 6.07) is 4.65. The SMILES string of the molecule is CN(C)CCCn1c(CCl)nc2ccc(F)cc21. The molecule has 2 rings (SSSR count). The molecule has 0 spiro atoms. The molecule has 1 aromatic heterocycles. The molecule has 2 aromatic rings. The minimum atomic E-state index is -0.239. The summed E-state index contributed by atoms with van der Waals surface area (Å²) >= 11 is 5.90. The van der Waals surface area contributed by atoms with E-state index in [-0.39, 0.29) is 5.82 Å². The van der Waals surface area contributed by atoms with Gasteiger partial charge in [0.25, 0.3) is 0 Å². The van der Waals surface area contributed by atoms with Gasteiger partial charge in [0.1, 0.15) is 11.6 Å². The summed E-state index contributed by atoms with van der Waals surface area (Å²) in [5.41, 5.74) is 1.63. The summed E-state index contributed by atoms with van der Waals surface area (Å²) in [4.78, 5) is 6.55. The summed E-state index contributed by atoms with van der Waals surface area (Å²) in [6.45, 7) is 1.79. The summed E-state index contributed by atoms with van der Waals surface area (Å²) in [5.74, 6) is 0.909. The number of alkyl halides is 1. The topological polar surface area (TPSA) is 21.1 Å². The first-order valence-electron chi connectivity index (χ1n) is 5.97. The maximum absolute atomic E-state index is 13.3. The summed E-state index contributed by atoms with van der Waals surface area (Å²) in [5, 5.41) is 0. The maximum Gasteiger partial charge on any atom is 0.125 e. The highest BCUT2D eigenvalue weighted by atomic mass is 35.5. The van der Waals surface area contributed by atoms with Crippen molar-refractivity contribution in [3.8, 4) is 0 Å². The van der Waals surface area contributed by atoms with Crippen LogP contribution in [0.5, 0.6) is 0 Å². The molecule has 0 N–H and O–H groups in total. The van der Waals surface area contributed by atoms with Crippen LogP contribution >= 0.6 is 11.6 Å². The van der Waals surface area contributed by atoms with E-state index in [1.54, 1.807) is 6.07 Å². The van der Waals surface area contributed by atoms with E-state index in [1.807, 2.05) is 18.7 Å². The van der Waals surface area contributed by atoms with Gasteiger partial charge < -0.3 is 9.47 Å². The van der Waals surface area contributed by atoms with Crippen molar-refractivity contribution < 1.29 is 4.39 Å². The van der Waals surface area contributed by atoms with Gasteiger partial charge in [-0.05, 0) is 45.3 Å². The Morgan fingerprint density at radius 1 is 1.39 bits per heavy atom. The molecule has 0 saturated carbocycles. The summed E-state index contributed by atoms with van der Waals surface area (Å²) in [7, 11) is 4.07. The molecule has 0 bridgehead atoms. The molecule has 0 amide bonds. The molecule has 3 nitrogen and oxygen atoms in total. The molecular formula is C13H17ClFN3. The molecule has 0 aliphatic rings. The lowest BCUT2D eigenvalue weighted by Gasteiger charge is -2.11. The van der Waals surface area contributed by atoms with Gasteiger partial charge in [-0.2, -0.15) is 0 Å². The zero-order chi connectivity index (χ0) is 13.1. The minimum absolute atomic E-state index is 0.239. The van der Waals surface area contributed by atoms with Crippen molar-refractivity contribution in [1.29, 1.82) is 0 Å². The molecule has 0 unspecified atom stereocenters. The van der Waals surface area contributed by atoms with Crippen LogP contribution < -0.4 is 0 Å². The number of nitrogens with zero attached hydrogens (tertiary/aromatic N) is 3. The number of benzene rings is 1. The Morgan fingerprint density at radius 2 is 2.17 bits per heavy atom. The van der Waals surface area contributed by atoms with E-state index in [9.17, 15) is 4.39 Å². The Labute approximate surface area is 111 Å². The van der Waals surface area contributed by atoms with Gasteiger partial charge >= 0.3 is 0 Å². The average molecular weight is 270 g/mol. The normalized spacial score (nSPS) is 11.6. The quantitative estimate of drug-likeness (QED) is 0.779. The predicted octanol–water partition coefficient (Wildman–Crippen LogP) is 2.87. The van der Waals surface area contributed by atoms with Gasteiger partial charge in [0, 0.05) is 6.54 Å². The molecule has 0 radical (unpaired) electrons. The molecule has 1 aromatic carbocycles. The van der Waals surface area contributed by atoms with Crippen molar-refractivity contribution in [3.05, 3.63) is 29.8 Å². The molecule has 0 aliphatic heterocycles. The fourth-order valence-electron chi connectivity index (χ4n) is 2.04. The second-order valence-electron chi connectivity index (χ2n) is 4.60. The van der Waals surface area contributed by atoms with Crippen LogP contribution in [0.2, 0.25) is 0 Å². The summed E-state index contributed by atoms with van der Waals surface area (Å²) in [6.07, 6.45) is 0.985. The van der Waals surface area contributed by atoms with Crippen LogP contribution in [0.4, 0.5) is 4.39 Å². The van der Waals surface area contributed by atoms with Gasteiger partial charge in [0.2, 0.25) is 0 Å². The van der Waals surface area contributed by atoms with Crippen molar-refractivity contribution in [3.63, 3.8) is 0 Å². The fourth-order valence-corrected chi connectivity index (χ4v) is 2.25. The van der Waals surface area contributed by atoms with Crippen LogP contribution in [-0.2, 0) is 12.4 Å². The number of halogens is 2. The van der Waals surface area contributed by atoms with Gasteiger partial charge in [0.05, 0.1) is 16.9 Å². The van der Waals surface area contributed by atoms with Crippen LogP contribution in [0, 0.1) is 5.82 Å². The van der Waals surface area contributed by atoms with Gasteiger partial charge in [0.15, 0.2) is 0 Å². The number of hydrogen-bond donors (Lipinski definition) is 0. The van der Waals surface area contributed by atoms with E-state index in [0.29, 0.717) is 5.88 Å². The van der Waals surface area contributed by atoms with E-state index < -0.39 is 0 Å². The van der Waals surface area contributed by atoms with Crippen LogP contribution in [0.15, 0.2) is 18.2 Å². The standard InChI is InChI=1S/C13H17ClFN3/c1-17(2)6-3-7-18-12-8-10(15)4-5-11(12)16-13(18)9-14/h4-5,8H,3,6-7,9H2,1-2H3. The van der Waals surface area contributed by atoms with E-state index >= 15 is 0 Å². The third-order valence-corrected chi connectivity index (χ3v) is 3.13.